The number of aromatic nitrogens is 2. The lowest BCUT2D eigenvalue weighted by Crippen LogP contribution is -2.24. The van der Waals surface area contributed by atoms with E-state index in [1.54, 1.807) is 0 Å². The van der Waals surface area contributed by atoms with Crippen molar-refractivity contribution >= 4 is 5.78 Å². The summed E-state index contributed by atoms with van der Waals surface area (Å²) < 4.78 is 40.4. The number of hydrogen-bond acceptors (Lipinski definition) is 4. The number of hydrogen-bond donors (Lipinski definition) is 0. The predicted octanol–water partition coefficient (Wildman–Crippen LogP) is 1.16. The van der Waals surface area contributed by atoms with Gasteiger partial charge in [0.2, 0.25) is 11.7 Å². The third-order valence-electron chi connectivity index (χ3n) is 1.57. The Hall–Kier alpha value is -1.66. The number of carbonyl (C=O) groups excluding carboxylic acids is 1. The van der Waals surface area contributed by atoms with Crippen LogP contribution in [0.4, 0.5) is 13.2 Å². The third-order valence-corrected chi connectivity index (χ3v) is 1.57. The SMILES string of the molecule is COc1cc(CC(=O)C(F)(F)F)ncn1. The van der Waals surface area contributed by atoms with Crippen LogP contribution < -0.4 is 4.74 Å². The molecular formula is C8H7F3N2O2. The van der Waals surface area contributed by atoms with E-state index in [1.807, 2.05) is 0 Å². The van der Waals surface area contributed by atoms with Crippen LogP contribution in [0, 0.1) is 0 Å². The Balaban J connectivity index is 2.77. The smallest absolute Gasteiger partial charge is 0.450 e. The zero-order valence-corrected chi connectivity index (χ0v) is 7.71. The van der Waals surface area contributed by atoms with Gasteiger partial charge in [0.25, 0.3) is 0 Å². The van der Waals surface area contributed by atoms with Gasteiger partial charge in [0.05, 0.1) is 19.2 Å². The van der Waals surface area contributed by atoms with Gasteiger partial charge >= 0.3 is 6.18 Å². The molecule has 0 amide bonds. The Morgan fingerprint density at radius 3 is 2.67 bits per heavy atom. The summed E-state index contributed by atoms with van der Waals surface area (Å²) in [6, 6.07) is 1.18. The van der Waals surface area contributed by atoms with Crippen molar-refractivity contribution in [2.75, 3.05) is 7.11 Å². The monoisotopic (exact) mass is 220 g/mol. The molecule has 0 aromatic carbocycles. The van der Waals surface area contributed by atoms with Gasteiger partial charge in [0, 0.05) is 6.07 Å². The number of nitrogens with zero attached hydrogens (tertiary/aromatic N) is 2. The summed E-state index contributed by atoms with van der Waals surface area (Å²) in [7, 11) is 1.32. The highest BCUT2D eigenvalue weighted by atomic mass is 19.4. The predicted molar refractivity (Wildman–Crippen MR) is 43.4 cm³/mol. The number of alkyl halides is 3. The van der Waals surface area contributed by atoms with Crippen molar-refractivity contribution in [2.45, 2.75) is 12.6 Å². The number of methoxy groups -OCH3 is 1. The largest absolute Gasteiger partial charge is 0.481 e. The fraction of sp³-hybridized carbons (Fsp3) is 0.375. The lowest BCUT2D eigenvalue weighted by Gasteiger charge is -2.04. The second-order valence-corrected chi connectivity index (χ2v) is 2.65. The minimum absolute atomic E-state index is 0.0239. The molecule has 1 rings (SSSR count). The molecule has 0 aliphatic heterocycles. The number of halogens is 3. The van der Waals surface area contributed by atoms with Gasteiger partial charge in [-0.2, -0.15) is 13.2 Å². The lowest BCUT2D eigenvalue weighted by molar-refractivity contribution is -0.170. The van der Waals surface area contributed by atoms with Crippen molar-refractivity contribution in [3.63, 3.8) is 0 Å². The number of ether oxygens (including phenoxy) is 1. The summed E-state index contributed by atoms with van der Waals surface area (Å²) in [4.78, 5) is 17.7. The number of Topliss-reactive ketones (excluding diaryl/α,β-unsaturated/α-hetero) is 1. The molecule has 0 bridgehead atoms. The summed E-state index contributed by atoms with van der Waals surface area (Å²) >= 11 is 0. The maximum atomic E-state index is 11.9. The first-order valence-corrected chi connectivity index (χ1v) is 3.88. The molecule has 0 fully saturated rings. The van der Waals surface area contributed by atoms with E-state index in [4.69, 9.17) is 0 Å². The summed E-state index contributed by atoms with van der Waals surface area (Å²) in [5.41, 5.74) is -0.0239. The van der Waals surface area contributed by atoms with Crippen LogP contribution in [0.15, 0.2) is 12.4 Å². The van der Waals surface area contributed by atoms with Gasteiger partial charge in [-0.25, -0.2) is 9.97 Å². The van der Waals surface area contributed by atoms with Crippen molar-refractivity contribution in [1.29, 1.82) is 0 Å². The molecule has 0 spiro atoms. The maximum Gasteiger partial charge on any atom is 0.450 e. The molecule has 0 radical (unpaired) electrons. The number of ketones is 1. The molecule has 0 atom stereocenters. The van der Waals surface area contributed by atoms with Crippen LogP contribution in [-0.4, -0.2) is 29.0 Å². The van der Waals surface area contributed by atoms with Crippen LogP contribution in [0.1, 0.15) is 5.69 Å². The molecule has 0 saturated carbocycles. The van der Waals surface area contributed by atoms with Crippen molar-refractivity contribution < 1.29 is 22.7 Å². The normalized spacial score (nSPS) is 11.2. The van der Waals surface area contributed by atoms with Gasteiger partial charge in [0.15, 0.2) is 0 Å². The van der Waals surface area contributed by atoms with Gasteiger partial charge in [0.1, 0.15) is 6.33 Å². The molecule has 0 saturated heterocycles. The second-order valence-electron chi connectivity index (χ2n) is 2.65. The minimum Gasteiger partial charge on any atom is -0.481 e. The van der Waals surface area contributed by atoms with Gasteiger partial charge in [-0.15, -0.1) is 0 Å². The Morgan fingerprint density at radius 2 is 2.13 bits per heavy atom. The van der Waals surface area contributed by atoms with Crippen LogP contribution in [0.2, 0.25) is 0 Å². The van der Waals surface area contributed by atoms with Crippen LogP contribution >= 0.6 is 0 Å². The molecule has 0 N–H and O–H groups in total. The first-order chi connectivity index (χ1) is 6.93. The van der Waals surface area contributed by atoms with Crippen molar-refractivity contribution in [2.24, 2.45) is 0 Å². The Kier molecular flexibility index (Phi) is 3.23. The van der Waals surface area contributed by atoms with Crippen LogP contribution in [0.3, 0.4) is 0 Å². The molecule has 82 valence electrons. The van der Waals surface area contributed by atoms with Crippen LogP contribution in [0.25, 0.3) is 0 Å². The van der Waals surface area contributed by atoms with Crippen molar-refractivity contribution in [3.05, 3.63) is 18.1 Å². The molecule has 0 unspecified atom stereocenters. The Morgan fingerprint density at radius 1 is 1.47 bits per heavy atom. The summed E-state index contributed by atoms with van der Waals surface area (Å²) in [5.74, 6) is -1.72. The van der Waals surface area contributed by atoms with E-state index in [0.29, 0.717) is 0 Å². The average molecular weight is 220 g/mol. The minimum atomic E-state index is -4.84. The van der Waals surface area contributed by atoms with Crippen LogP contribution in [-0.2, 0) is 11.2 Å². The molecule has 1 aromatic rings. The van der Waals surface area contributed by atoms with E-state index in [2.05, 4.69) is 14.7 Å². The molecule has 1 heterocycles. The van der Waals surface area contributed by atoms with Gasteiger partial charge < -0.3 is 4.74 Å². The fourth-order valence-electron chi connectivity index (χ4n) is 0.850. The van der Waals surface area contributed by atoms with E-state index in [9.17, 15) is 18.0 Å². The summed E-state index contributed by atoms with van der Waals surface area (Å²) in [5, 5.41) is 0. The van der Waals surface area contributed by atoms with Gasteiger partial charge in [-0.05, 0) is 0 Å². The molecule has 15 heavy (non-hydrogen) atoms. The highest BCUT2D eigenvalue weighted by Gasteiger charge is 2.38. The van der Waals surface area contributed by atoms with Crippen molar-refractivity contribution in [3.8, 4) is 5.88 Å². The summed E-state index contributed by atoms with van der Waals surface area (Å²) in [6.45, 7) is 0. The highest BCUT2D eigenvalue weighted by Crippen LogP contribution is 2.18. The van der Waals surface area contributed by atoms with E-state index >= 15 is 0 Å². The van der Waals surface area contributed by atoms with E-state index in [-0.39, 0.29) is 11.6 Å². The zero-order valence-electron chi connectivity index (χ0n) is 7.71. The molecule has 4 nitrogen and oxygen atoms in total. The highest BCUT2D eigenvalue weighted by molar-refractivity contribution is 5.85. The first kappa shape index (κ1) is 11.4. The van der Waals surface area contributed by atoms with E-state index in [1.165, 1.54) is 13.2 Å². The lowest BCUT2D eigenvalue weighted by atomic mass is 10.2. The van der Waals surface area contributed by atoms with E-state index < -0.39 is 18.4 Å². The molecule has 0 aliphatic carbocycles. The quantitative estimate of drug-likeness (QED) is 0.766. The Labute approximate surface area is 83.1 Å². The first-order valence-electron chi connectivity index (χ1n) is 3.88. The van der Waals surface area contributed by atoms with E-state index in [0.717, 1.165) is 6.33 Å². The average Bonchev–Trinajstić information content (AvgIpc) is 2.16. The second kappa shape index (κ2) is 4.24. The molecule has 0 aliphatic rings. The standard InChI is InChI=1S/C8H7F3N2O2/c1-15-7-3-5(12-4-13-7)2-6(14)8(9,10)11/h3-4H,2H2,1H3. The van der Waals surface area contributed by atoms with Gasteiger partial charge in [-0.1, -0.05) is 0 Å². The molecule has 7 heteroatoms. The maximum absolute atomic E-state index is 11.9. The third kappa shape index (κ3) is 3.19. The number of rotatable bonds is 3. The fourth-order valence-corrected chi connectivity index (χ4v) is 0.850. The topological polar surface area (TPSA) is 52.1 Å². The van der Waals surface area contributed by atoms with Crippen LogP contribution in [0.5, 0.6) is 5.88 Å². The number of carbonyl (C=O) groups is 1. The summed E-state index contributed by atoms with van der Waals surface area (Å²) in [6.07, 6.45) is -4.60. The Bertz CT molecular complexity index is 365. The molecular weight excluding hydrogens is 213 g/mol. The van der Waals surface area contributed by atoms with Gasteiger partial charge in [-0.3, -0.25) is 4.79 Å². The molecule has 1 aromatic heterocycles. The zero-order chi connectivity index (χ0) is 11.5. The van der Waals surface area contributed by atoms with Crippen molar-refractivity contribution in [1.82, 2.24) is 9.97 Å².